The van der Waals surface area contributed by atoms with Gasteiger partial charge in [-0.2, -0.15) is 0 Å². The number of pyridine rings is 1. The van der Waals surface area contributed by atoms with Gasteiger partial charge in [0.15, 0.2) is 0 Å². The highest BCUT2D eigenvalue weighted by Crippen LogP contribution is 2.20. The van der Waals surface area contributed by atoms with Crippen molar-refractivity contribution in [3.8, 4) is 0 Å². The lowest BCUT2D eigenvalue weighted by molar-refractivity contribution is -0.116. The minimum atomic E-state index is -3.65. The van der Waals surface area contributed by atoms with Crippen molar-refractivity contribution in [2.75, 3.05) is 23.3 Å². The number of sulfonamides is 1. The summed E-state index contributed by atoms with van der Waals surface area (Å²) < 4.78 is 26.5. The van der Waals surface area contributed by atoms with Crippen LogP contribution in [-0.2, 0) is 14.8 Å². The number of aromatic nitrogens is 1. The Balaban J connectivity index is 1.85. The molecule has 2 aromatic rings. The molecule has 0 radical (unpaired) electrons. The Morgan fingerprint density at radius 2 is 1.89 bits per heavy atom. The van der Waals surface area contributed by atoms with E-state index in [2.05, 4.69) is 40.7 Å². The standard InChI is InChI=1S/C19H26N4O3S/c1-4-23(15(2)3)17-9-7-16(8-10-17)22-19(24)11-13-21-27(25,26)18-6-5-12-20-14-18/h5-10,12,14-15,21H,4,11,13H2,1-3H3,(H,22,24). The minimum absolute atomic E-state index is 0.0120. The molecular weight excluding hydrogens is 364 g/mol. The molecule has 0 aliphatic rings. The number of hydrogen-bond acceptors (Lipinski definition) is 5. The van der Waals surface area contributed by atoms with Gasteiger partial charge in [-0.15, -0.1) is 0 Å². The van der Waals surface area contributed by atoms with Crippen molar-refractivity contribution >= 4 is 27.3 Å². The van der Waals surface area contributed by atoms with Crippen LogP contribution >= 0.6 is 0 Å². The number of hydrogen-bond donors (Lipinski definition) is 2. The first kappa shape index (κ1) is 20.9. The molecule has 0 fully saturated rings. The second-order valence-electron chi connectivity index (χ2n) is 6.31. The summed E-state index contributed by atoms with van der Waals surface area (Å²) in [6.45, 7) is 7.28. The lowest BCUT2D eigenvalue weighted by atomic mass is 10.2. The van der Waals surface area contributed by atoms with Crippen LogP contribution in [0.2, 0.25) is 0 Å². The quantitative estimate of drug-likeness (QED) is 0.687. The maximum absolute atomic E-state index is 12.1. The summed E-state index contributed by atoms with van der Waals surface area (Å²) in [6.07, 6.45) is 2.80. The molecule has 1 amide bonds. The van der Waals surface area contributed by atoms with Crippen LogP contribution in [0.15, 0.2) is 53.7 Å². The Morgan fingerprint density at radius 3 is 2.44 bits per heavy atom. The summed E-state index contributed by atoms with van der Waals surface area (Å²) in [5.74, 6) is -0.257. The lowest BCUT2D eigenvalue weighted by Gasteiger charge is -2.27. The Hall–Kier alpha value is -2.45. The number of nitrogens with zero attached hydrogens (tertiary/aromatic N) is 2. The molecule has 7 nitrogen and oxygen atoms in total. The Bertz CT molecular complexity index is 837. The van der Waals surface area contributed by atoms with Gasteiger partial charge in [0.1, 0.15) is 4.90 Å². The summed E-state index contributed by atoms with van der Waals surface area (Å²) in [5.41, 5.74) is 1.77. The van der Waals surface area contributed by atoms with E-state index in [9.17, 15) is 13.2 Å². The topological polar surface area (TPSA) is 91.4 Å². The molecular formula is C19H26N4O3S. The van der Waals surface area contributed by atoms with Gasteiger partial charge in [-0.3, -0.25) is 9.78 Å². The predicted molar refractivity (Wildman–Crippen MR) is 107 cm³/mol. The third-order valence-electron chi connectivity index (χ3n) is 4.04. The number of rotatable bonds is 9. The van der Waals surface area contributed by atoms with E-state index in [0.717, 1.165) is 12.2 Å². The zero-order valence-corrected chi connectivity index (χ0v) is 16.7. The van der Waals surface area contributed by atoms with Crippen molar-refractivity contribution in [1.82, 2.24) is 9.71 Å². The monoisotopic (exact) mass is 390 g/mol. The van der Waals surface area contributed by atoms with Gasteiger partial charge in [-0.1, -0.05) is 0 Å². The van der Waals surface area contributed by atoms with Crippen molar-refractivity contribution < 1.29 is 13.2 Å². The van der Waals surface area contributed by atoms with Gasteiger partial charge in [0.05, 0.1) is 0 Å². The zero-order chi connectivity index (χ0) is 19.9. The van der Waals surface area contributed by atoms with Gasteiger partial charge in [0.25, 0.3) is 0 Å². The van der Waals surface area contributed by atoms with Gasteiger partial charge in [0.2, 0.25) is 15.9 Å². The molecule has 1 aromatic heterocycles. The van der Waals surface area contributed by atoms with Gasteiger partial charge >= 0.3 is 0 Å². The van der Waals surface area contributed by atoms with Crippen molar-refractivity contribution in [3.63, 3.8) is 0 Å². The van der Waals surface area contributed by atoms with Crippen molar-refractivity contribution in [2.24, 2.45) is 0 Å². The van der Waals surface area contributed by atoms with E-state index < -0.39 is 10.0 Å². The molecule has 2 N–H and O–H groups in total. The highest BCUT2D eigenvalue weighted by atomic mass is 32.2. The smallest absolute Gasteiger partial charge is 0.242 e. The van der Waals surface area contributed by atoms with Crippen LogP contribution < -0.4 is 14.9 Å². The number of nitrogens with one attached hydrogen (secondary N) is 2. The third kappa shape index (κ3) is 6.04. The molecule has 146 valence electrons. The summed E-state index contributed by atoms with van der Waals surface area (Å²) in [6, 6.07) is 11.0. The third-order valence-corrected chi connectivity index (χ3v) is 5.48. The molecule has 0 atom stereocenters. The van der Waals surface area contributed by atoms with Crippen molar-refractivity contribution in [2.45, 2.75) is 38.1 Å². The van der Waals surface area contributed by atoms with E-state index in [1.807, 2.05) is 24.3 Å². The molecule has 0 unspecified atom stereocenters. The first-order chi connectivity index (χ1) is 12.8. The van der Waals surface area contributed by atoms with E-state index >= 15 is 0 Å². The maximum Gasteiger partial charge on any atom is 0.242 e. The van der Waals surface area contributed by atoms with Crippen LogP contribution in [0.3, 0.4) is 0 Å². The minimum Gasteiger partial charge on any atom is -0.369 e. The number of carbonyl (C=O) groups excluding carboxylic acids is 1. The lowest BCUT2D eigenvalue weighted by Crippen LogP contribution is -2.30. The molecule has 0 aliphatic heterocycles. The molecule has 1 aromatic carbocycles. The Labute approximate surface area is 160 Å². The van der Waals surface area contributed by atoms with Gasteiger partial charge in [-0.25, -0.2) is 13.1 Å². The second kappa shape index (κ2) is 9.48. The van der Waals surface area contributed by atoms with Crippen LogP contribution in [0, 0.1) is 0 Å². The zero-order valence-electron chi connectivity index (χ0n) is 15.8. The van der Waals surface area contributed by atoms with E-state index in [1.54, 1.807) is 6.07 Å². The number of carbonyl (C=O) groups is 1. The molecule has 0 saturated heterocycles. The summed E-state index contributed by atoms with van der Waals surface area (Å²) in [5, 5.41) is 2.78. The highest BCUT2D eigenvalue weighted by Gasteiger charge is 2.14. The first-order valence-corrected chi connectivity index (χ1v) is 10.4. The van der Waals surface area contributed by atoms with Crippen LogP contribution in [0.1, 0.15) is 27.2 Å². The van der Waals surface area contributed by atoms with E-state index in [0.29, 0.717) is 11.7 Å². The molecule has 27 heavy (non-hydrogen) atoms. The second-order valence-corrected chi connectivity index (χ2v) is 8.08. The highest BCUT2D eigenvalue weighted by molar-refractivity contribution is 7.89. The van der Waals surface area contributed by atoms with E-state index in [4.69, 9.17) is 0 Å². The Kier molecular flexibility index (Phi) is 7.32. The van der Waals surface area contributed by atoms with Gasteiger partial charge < -0.3 is 10.2 Å². The fraction of sp³-hybridized carbons (Fsp3) is 0.368. The van der Waals surface area contributed by atoms with E-state index in [1.165, 1.54) is 18.5 Å². The average molecular weight is 391 g/mol. The van der Waals surface area contributed by atoms with Crippen LogP contribution in [-0.4, -0.2) is 38.4 Å². The number of amides is 1. The number of anilines is 2. The van der Waals surface area contributed by atoms with E-state index in [-0.39, 0.29) is 23.8 Å². The average Bonchev–Trinajstić information content (AvgIpc) is 2.64. The molecule has 0 saturated carbocycles. The number of benzene rings is 1. The summed E-state index contributed by atoms with van der Waals surface area (Å²) in [4.78, 5) is 18.2. The molecule has 8 heteroatoms. The van der Waals surface area contributed by atoms with Crippen LogP contribution in [0.4, 0.5) is 11.4 Å². The summed E-state index contributed by atoms with van der Waals surface area (Å²) in [7, 11) is -3.65. The normalized spacial score (nSPS) is 11.4. The molecule has 1 heterocycles. The molecule has 2 rings (SSSR count). The molecule has 0 spiro atoms. The largest absolute Gasteiger partial charge is 0.369 e. The molecule has 0 aliphatic carbocycles. The van der Waals surface area contributed by atoms with Crippen molar-refractivity contribution in [3.05, 3.63) is 48.8 Å². The van der Waals surface area contributed by atoms with Gasteiger partial charge in [-0.05, 0) is 57.2 Å². The molecule has 0 bridgehead atoms. The fourth-order valence-electron chi connectivity index (χ4n) is 2.69. The SMILES string of the molecule is CCN(c1ccc(NC(=O)CCNS(=O)(=O)c2cccnc2)cc1)C(C)C. The maximum atomic E-state index is 12.1. The summed E-state index contributed by atoms with van der Waals surface area (Å²) >= 11 is 0. The van der Waals surface area contributed by atoms with Crippen LogP contribution in [0.25, 0.3) is 0 Å². The van der Waals surface area contributed by atoms with Gasteiger partial charge in [0, 0.05) is 49.3 Å². The van der Waals surface area contributed by atoms with Crippen LogP contribution in [0.5, 0.6) is 0 Å². The predicted octanol–water partition coefficient (Wildman–Crippen LogP) is 2.62. The Morgan fingerprint density at radius 1 is 1.19 bits per heavy atom. The first-order valence-electron chi connectivity index (χ1n) is 8.89. The fourth-order valence-corrected chi connectivity index (χ4v) is 3.69. The van der Waals surface area contributed by atoms with Crippen molar-refractivity contribution in [1.29, 1.82) is 0 Å².